The summed E-state index contributed by atoms with van der Waals surface area (Å²) in [6, 6.07) is 6.50. The molecule has 0 unspecified atom stereocenters. The van der Waals surface area contributed by atoms with Gasteiger partial charge in [-0.05, 0) is 17.7 Å². The van der Waals surface area contributed by atoms with Crippen LogP contribution >= 0.6 is 22.6 Å². The van der Waals surface area contributed by atoms with Gasteiger partial charge in [-0.15, -0.1) is 0 Å². The van der Waals surface area contributed by atoms with Crippen molar-refractivity contribution in [2.75, 3.05) is 12.0 Å². The summed E-state index contributed by atoms with van der Waals surface area (Å²) >= 11 is 1.72. The Morgan fingerprint density at radius 1 is 1.33 bits per heavy atom. The molecule has 0 heterocycles. The molecule has 1 rings (SSSR count). The van der Waals surface area contributed by atoms with E-state index < -0.39 is 19.2 Å². The summed E-state index contributed by atoms with van der Waals surface area (Å²) in [5, 5.41) is 9.79. The van der Waals surface area contributed by atoms with Crippen LogP contribution in [0.15, 0.2) is 24.3 Å². The lowest BCUT2D eigenvalue weighted by atomic mass is 10.1. The number of hydrogen-bond donors (Lipinski definition) is 2. The molecule has 15 heavy (non-hydrogen) atoms. The first-order valence-corrected chi connectivity index (χ1v) is 7.39. The maximum atomic E-state index is 11.2. The van der Waals surface area contributed by atoms with E-state index in [1.54, 1.807) is 46.9 Å². The Labute approximate surface area is 103 Å². The third-order valence-corrected chi connectivity index (χ3v) is 6.46. The topological polar surface area (TPSA) is 80.4 Å². The summed E-state index contributed by atoms with van der Waals surface area (Å²) in [7, 11) is -3.25. The van der Waals surface area contributed by atoms with Crippen LogP contribution in [-0.4, -0.2) is 23.0 Å². The van der Waals surface area contributed by atoms with E-state index in [-0.39, 0.29) is 0 Å². The van der Waals surface area contributed by atoms with Gasteiger partial charge in [0, 0.05) is 11.9 Å². The van der Waals surface area contributed by atoms with E-state index in [4.69, 9.17) is 5.73 Å². The molecule has 0 saturated carbocycles. The van der Waals surface area contributed by atoms with Crippen molar-refractivity contribution in [3.63, 3.8) is 0 Å². The first-order valence-electron chi connectivity index (χ1n) is 4.19. The summed E-state index contributed by atoms with van der Waals surface area (Å²) in [6.07, 6.45) is 0.0751. The van der Waals surface area contributed by atoms with E-state index in [2.05, 4.69) is 0 Å². The van der Waals surface area contributed by atoms with Crippen molar-refractivity contribution in [3.05, 3.63) is 29.8 Å². The molecule has 6 heteroatoms. The molecule has 0 spiro atoms. The first-order chi connectivity index (χ1) is 6.82. The molecule has 84 valence electrons. The third kappa shape index (κ3) is 3.32. The van der Waals surface area contributed by atoms with E-state index in [0.717, 1.165) is 6.26 Å². The normalized spacial score (nSPS) is 15.9. The van der Waals surface area contributed by atoms with Gasteiger partial charge >= 0.3 is 0 Å². The molecule has 0 aromatic heterocycles. The van der Waals surface area contributed by atoms with Gasteiger partial charge in [0.2, 0.25) is 0 Å². The number of anilines is 1. The van der Waals surface area contributed by atoms with Gasteiger partial charge in [0.05, 0.1) is 0 Å². The molecular formula is C9H12INO3S. The highest BCUT2D eigenvalue weighted by Crippen LogP contribution is 2.27. The molecule has 0 aliphatic heterocycles. The van der Waals surface area contributed by atoms with Crippen molar-refractivity contribution in [2.24, 2.45) is 0 Å². The molecule has 0 amide bonds. The Morgan fingerprint density at radius 2 is 1.80 bits per heavy atom. The number of rotatable bonds is 3. The van der Waals surface area contributed by atoms with Crippen LogP contribution in [0.3, 0.4) is 0 Å². The lowest BCUT2D eigenvalue weighted by Gasteiger charge is -2.16. The number of aliphatic hydroxyl groups excluding tert-OH is 1. The molecule has 1 aromatic rings. The summed E-state index contributed by atoms with van der Waals surface area (Å²) in [5.74, 6) is 0. The molecule has 4 nitrogen and oxygen atoms in total. The number of sulfone groups is 1. The summed E-state index contributed by atoms with van der Waals surface area (Å²) in [6.45, 7) is 0. The molecule has 0 aliphatic carbocycles. The average Bonchev–Trinajstić information content (AvgIpc) is 2.15. The van der Waals surface area contributed by atoms with Crippen molar-refractivity contribution in [1.82, 2.24) is 0 Å². The Bertz CT molecular complexity index is 429. The molecule has 0 radical (unpaired) electrons. The Kier molecular flexibility index (Phi) is 3.96. The van der Waals surface area contributed by atoms with Gasteiger partial charge in [-0.1, -0.05) is 34.7 Å². The number of nitrogens with two attached hydrogens (primary N) is 1. The maximum absolute atomic E-state index is 11.2. The standard InChI is InChI=1S/C9H12INO3S/c1-15(13,14)9(10)8(12)6-2-4-7(11)5-3-6/h2-5,8-9,12H,11H2,1H3/t8-,9+/m0/s1. The minimum atomic E-state index is -3.25. The van der Waals surface area contributed by atoms with Crippen LogP contribution in [0.2, 0.25) is 0 Å². The van der Waals surface area contributed by atoms with Gasteiger partial charge in [-0.25, -0.2) is 8.42 Å². The van der Waals surface area contributed by atoms with Crippen LogP contribution in [0.25, 0.3) is 0 Å². The van der Waals surface area contributed by atoms with Gasteiger partial charge in [0.25, 0.3) is 0 Å². The molecule has 2 atom stereocenters. The zero-order valence-corrected chi connectivity index (χ0v) is 11.1. The third-order valence-electron chi connectivity index (χ3n) is 1.94. The molecule has 0 saturated heterocycles. The predicted molar refractivity (Wildman–Crippen MR) is 68.5 cm³/mol. The SMILES string of the molecule is CS(=O)(=O)[C@@H](I)[C@@H](O)c1ccc(N)cc1. The fraction of sp³-hybridized carbons (Fsp3) is 0.333. The lowest BCUT2D eigenvalue weighted by Crippen LogP contribution is -2.21. The average molecular weight is 341 g/mol. The number of halogens is 1. The Hall–Kier alpha value is -0.340. The highest BCUT2D eigenvalue weighted by Gasteiger charge is 2.26. The molecule has 1 aromatic carbocycles. The van der Waals surface area contributed by atoms with Crippen molar-refractivity contribution in [3.8, 4) is 0 Å². The predicted octanol–water partition coefficient (Wildman–Crippen LogP) is 1.11. The number of hydrogen-bond acceptors (Lipinski definition) is 4. The molecule has 0 aliphatic rings. The molecular weight excluding hydrogens is 329 g/mol. The Balaban J connectivity index is 2.95. The van der Waals surface area contributed by atoms with Crippen LogP contribution in [0.1, 0.15) is 11.7 Å². The molecule has 0 fully saturated rings. The minimum absolute atomic E-state index is 0.550. The van der Waals surface area contributed by atoms with E-state index in [1.165, 1.54) is 0 Å². The number of nitrogen functional groups attached to an aromatic ring is 1. The van der Waals surface area contributed by atoms with E-state index in [1.807, 2.05) is 0 Å². The van der Waals surface area contributed by atoms with Gasteiger partial charge in [0.1, 0.15) is 9.36 Å². The van der Waals surface area contributed by atoms with Gasteiger partial charge in [0.15, 0.2) is 9.84 Å². The second-order valence-corrected chi connectivity index (χ2v) is 7.65. The first kappa shape index (κ1) is 12.7. The molecule has 3 N–H and O–H groups in total. The number of alkyl halides is 1. The fourth-order valence-corrected chi connectivity index (χ4v) is 2.12. The quantitative estimate of drug-likeness (QED) is 0.490. The van der Waals surface area contributed by atoms with Crippen molar-refractivity contribution in [1.29, 1.82) is 0 Å². The van der Waals surface area contributed by atoms with Gasteiger partial charge < -0.3 is 10.8 Å². The largest absolute Gasteiger partial charge is 0.399 e. The monoisotopic (exact) mass is 341 g/mol. The zero-order valence-electron chi connectivity index (χ0n) is 8.09. The summed E-state index contributed by atoms with van der Waals surface area (Å²) in [4.78, 5) is 0. The van der Waals surface area contributed by atoms with Gasteiger partial charge in [-0.3, -0.25) is 0 Å². The second-order valence-electron chi connectivity index (χ2n) is 3.29. The van der Waals surface area contributed by atoms with Crippen LogP contribution in [0, 0.1) is 0 Å². The fourth-order valence-electron chi connectivity index (χ4n) is 1.08. The van der Waals surface area contributed by atoms with E-state index in [9.17, 15) is 13.5 Å². The lowest BCUT2D eigenvalue weighted by molar-refractivity contribution is 0.197. The van der Waals surface area contributed by atoms with Crippen molar-refractivity contribution < 1.29 is 13.5 Å². The molecule has 0 bridgehead atoms. The number of benzene rings is 1. The summed E-state index contributed by atoms with van der Waals surface area (Å²) < 4.78 is 21.6. The minimum Gasteiger partial charge on any atom is -0.399 e. The van der Waals surface area contributed by atoms with E-state index >= 15 is 0 Å². The van der Waals surface area contributed by atoms with Gasteiger partial charge in [-0.2, -0.15) is 0 Å². The van der Waals surface area contributed by atoms with E-state index in [0.29, 0.717) is 11.3 Å². The second kappa shape index (κ2) is 4.67. The highest BCUT2D eigenvalue weighted by atomic mass is 127. The maximum Gasteiger partial charge on any atom is 0.162 e. The van der Waals surface area contributed by atoms with Crippen LogP contribution in [0.5, 0.6) is 0 Å². The number of aliphatic hydroxyl groups is 1. The van der Waals surface area contributed by atoms with Crippen LogP contribution < -0.4 is 5.73 Å². The smallest absolute Gasteiger partial charge is 0.162 e. The van der Waals surface area contributed by atoms with Crippen molar-refractivity contribution in [2.45, 2.75) is 9.36 Å². The highest BCUT2D eigenvalue weighted by molar-refractivity contribution is 14.1. The Morgan fingerprint density at radius 3 is 2.20 bits per heavy atom. The van der Waals surface area contributed by atoms with Crippen LogP contribution in [0.4, 0.5) is 5.69 Å². The summed E-state index contributed by atoms with van der Waals surface area (Å²) in [5.41, 5.74) is 6.62. The zero-order chi connectivity index (χ0) is 11.6. The van der Waals surface area contributed by atoms with Crippen molar-refractivity contribution >= 4 is 38.1 Å². The van der Waals surface area contributed by atoms with Crippen LogP contribution in [-0.2, 0) is 9.84 Å².